The van der Waals surface area contributed by atoms with E-state index in [1.807, 2.05) is 4.90 Å². The molecule has 2 saturated heterocycles. The van der Waals surface area contributed by atoms with Gasteiger partial charge in [0, 0.05) is 57.1 Å². The van der Waals surface area contributed by atoms with E-state index in [4.69, 9.17) is 0 Å². The lowest BCUT2D eigenvalue weighted by molar-refractivity contribution is -0.384. The van der Waals surface area contributed by atoms with Crippen LogP contribution in [0, 0.1) is 10.1 Å². The Labute approximate surface area is 147 Å². The highest BCUT2D eigenvalue weighted by Gasteiger charge is 2.24. The second-order valence-electron chi connectivity index (χ2n) is 6.77. The van der Waals surface area contributed by atoms with Gasteiger partial charge in [0.2, 0.25) is 5.91 Å². The van der Waals surface area contributed by atoms with E-state index in [0.29, 0.717) is 13.1 Å². The van der Waals surface area contributed by atoms with E-state index in [1.165, 1.54) is 12.1 Å². The molecule has 0 aliphatic carbocycles. The van der Waals surface area contributed by atoms with Crippen LogP contribution in [0.25, 0.3) is 0 Å². The third-order valence-corrected chi connectivity index (χ3v) is 4.87. The highest BCUT2D eigenvalue weighted by Crippen LogP contribution is 2.20. The van der Waals surface area contributed by atoms with Crippen molar-refractivity contribution in [2.45, 2.75) is 6.42 Å². The molecule has 0 bridgehead atoms. The lowest BCUT2D eigenvalue weighted by Gasteiger charge is -2.25. The lowest BCUT2D eigenvalue weighted by Crippen LogP contribution is -2.41. The maximum Gasteiger partial charge on any atom is 0.269 e. The molecule has 0 saturated carbocycles. The SMILES string of the molecule is CN1CCN(CC(=O)N2CCCN(c3ccc([N+](=O)[O-])cc3)CC2)C1. The molecule has 0 radical (unpaired) electrons. The zero-order chi connectivity index (χ0) is 17.8. The summed E-state index contributed by atoms with van der Waals surface area (Å²) in [6.07, 6.45) is 0.905. The minimum Gasteiger partial charge on any atom is -0.370 e. The number of rotatable bonds is 4. The molecule has 3 rings (SSSR count). The zero-order valence-corrected chi connectivity index (χ0v) is 14.6. The highest BCUT2D eigenvalue weighted by molar-refractivity contribution is 5.78. The number of likely N-dealkylation sites (N-methyl/N-ethyl adjacent to an activating group) is 1. The lowest BCUT2D eigenvalue weighted by atomic mass is 10.2. The van der Waals surface area contributed by atoms with E-state index in [2.05, 4.69) is 21.7 Å². The summed E-state index contributed by atoms with van der Waals surface area (Å²) in [5.74, 6) is 0.195. The number of carbonyl (C=O) groups excluding carboxylic acids is 1. The average Bonchev–Trinajstić information content (AvgIpc) is 2.86. The van der Waals surface area contributed by atoms with Gasteiger partial charge < -0.3 is 9.80 Å². The molecule has 8 nitrogen and oxygen atoms in total. The molecular weight excluding hydrogens is 322 g/mol. The minimum absolute atomic E-state index is 0.103. The van der Waals surface area contributed by atoms with Crippen molar-refractivity contribution in [1.82, 2.24) is 14.7 Å². The van der Waals surface area contributed by atoms with Crippen LogP contribution in [-0.2, 0) is 4.79 Å². The first-order chi connectivity index (χ1) is 12.0. The van der Waals surface area contributed by atoms with Crippen LogP contribution in [0.4, 0.5) is 11.4 Å². The summed E-state index contributed by atoms with van der Waals surface area (Å²) in [5.41, 5.74) is 1.08. The predicted molar refractivity (Wildman–Crippen MR) is 95.6 cm³/mol. The van der Waals surface area contributed by atoms with Crippen molar-refractivity contribution >= 4 is 17.3 Å². The third kappa shape index (κ3) is 4.46. The molecular formula is C17H25N5O3. The van der Waals surface area contributed by atoms with E-state index in [-0.39, 0.29) is 16.5 Å². The van der Waals surface area contributed by atoms with Gasteiger partial charge >= 0.3 is 0 Å². The van der Waals surface area contributed by atoms with E-state index in [1.54, 1.807) is 12.1 Å². The Bertz CT molecular complexity index is 621. The van der Waals surface area contributed by atoms with Crippen LogP contribution in [0.2, 0.25) is 0 Å². The van der Waals surface area contributed by atoms with Crippen LogP contribution < -0.4 is 4.90 Å². The Morgan fingerprint density at radius 1 is 1.08 bits per heavy atom. The van der Waals surface area contributed by atoms with Gasteiger partial charge in [-0.05, 0) is 25.6 Å². The molecule has 0 atom stereocenters. The van der Waals surface area contributed by atoms with E-state index >= 15 is 0 Å². The van der Waals surface area contributed by atoms with Gasteiger partial charge in [-0.3, -0.25) is 24.7 Å². The summed E-state index contributed by atoms with van der Waals surface area (Å²) in [7, 11) is 2.07. The maximum atomic E-state index is 12.5. The van der Waals surface area contributed by atoms with Gasteiger partial charge in [0.25, 0.3) is 5.69 Å². The first-order valence-electron chi connectivity index (χ1n) is 8.71. The van der Waals surface area contributed by atoms with Crippen molar-refractivity contribution in [3.05, 3.63) is 34.4 Å². The normalized spacial score (nSPS) is 19.9. The van der Waals surface area contributed by atoms with Crippen molar-refractivity contribution in [2.24, 2.45) is 0 Å². The van der Waals surface area contributed by atoms with E-state index < -0.39 is 0 Å². The minimum atomic E-state index is -0.387. The largest absolute Gasteiger partial charge is 0.370 e. The first kappa shape index (κ1) is 17.6. The van der Waals surface area contributed by atoms with Gasteiger partial charge in [-0.1, -0.05) is 0 Å². The van der Waals surface area contributed by atoms with E-state index in [0.717, 1.165) is 51.5 Å². The number of nitro groups is 1. The highest BCUT2D eigenvalue weighted by atomic mass is 16.6. The predicted octanol–water partition coefficient (Wildman–Crippen LogP) is 0.838. The number of hydrogen-bond acceptors (Lipinski definition) is 6. The molecule has 0 N–H and O–H groups in total. The number of nitrogens with zero attached hydrogens (tertiary/aromatic N) is 5. The molecule has 1 aromatic carbocycles. The summed E-state index contributed by atoms with van der Waals surface area (Å²) in [5, 5.41) is 10.8. The Hall–Kier alpha value is -2.19. The Kier molecular flexibility index (Phi) is 5.50. The van der Waals surface area contributed by atoms with Crippen LogP contribution in [0.1, 0.15) is 6.42 Å². The molecule has 0 aromatic heterocycles. The zero-order valence-electron chi connectivity index (χ0n) is 14.6. The monoisotopic (exact) mass is 347 g/mol. The van der Waals surface area contributed by atoms with Gasteiger partial charge in [0.1, 0.15) is 0 Å². The number of benzene rings is 1. The van der Waals surface area contributed by atoms with Crippen molar-refractivity contribution < 1.29 is 9.72 Å². The number of hydrogen-bond donors (Lipinski definition) is 0. The average molecular weight is 347 g/mol. The summed E-state index contributed by atoms with van der Waals surface area (Å²) < 4.78 is 0. The Morgan fingerprint density at radius 3 is 2.48 bits per heavy atom. The third-order valence-electron chi connectivity index (χ3n) is 4.87. The summed E-state index contributed by atoms with van der Waals surface area (Å²) in [6.45, 7) is 6.38. The van der Waals surface area contributed by atoms with Crippen LogP contribution in [0.5, 0.6) is 0 Å². The fourth-order valence-electron chi connectivity index (χ4n) is 3.43. The Balaban J connectivity index is 1.54. The van der Waals surface area contributed by atoms with Gasteiger partial charge in [0.05, 0.1) is 18.1 Å². The maximum absolute atomic E-state index is 12.5. The quantitative estimate of drug-likeness (QED) is 0.594. The molecule has 2 aliphatic rings. The fraction of sp³-hybridized carbons (Fsp3) is 0.588. The second-order valence-corrected chi connectivity index (χ2v) is 6.77. The number of amides is 1. The first-order valence-corrected chi connectivity index (χ1v) is 8.71. The number of anilines is 1. The summed E-state index contributed by atoms with van der Waals surface area (Å²) in [4.78, 5) is 31.5. The topological polar surface area (TPSA) is 73.2 Å². The molecule has 8 heteroatoms. The molecule has 0 unspecified atom stereocenters. The number of carbonyl (C=O) groups is 1. The van der Waals surface area contributed by atoms with Gasteiger partial charge in [-0.2, -0.15) is 0 Å². The van der Waals surface area contributed by atoms with Gasteiger partial charge in [-0.15, -0.1) is 0 Å². The fourth-order valence-corrected chi connectivity index (χ4v) is 3.43. The second kappa shape index (κ2) is 7.79. The number of nitro benzene ring substituents is 1. The molecule has 0 spiro atoms. The summed E-state index contributed by atoms with van der Waals surface area (Å²) >= 11 is 0. The van der Waals surface area contributed by atoms with Crippen molar-refractivity contribution in [3.63, 3.8) is 0 Å². The van der Waals surface area contributed by atoms with Crippen LogP contribution >= 0.6 is 0 Å². The molecule has 2 fully saturated rings. The molecule has 25 heavy (non-hydrogen) atoms. The number of non-ortho nitro benzene ring substituents is 1. The molecule has 1 amide bonds. The van der Waals surface area contributed by atoms with Crippen molar-refractivity contribution in [1.29, 1.82) is 0 Å². The van der Waals surface area contributed by atoms with Crippen LogP contribution in [0.3, 0.4) is 0 Å². The van der Waals surface area contributed by atoms with E-state index in [9.17, 15) is 14.9 Å². The molecule has 136 valence electrons. The van der Waals surface area contributed by atoms with Crippen LogP contribution in [-0.4, -0.2) is 85.1 Å². The summed E-state index contributed by atoms with van der Waals surface area (Å²) in [6, 6.07) is 6.64. The van der Waals surface area contributed by atoms with Crippen LogP contribution in [0.15, 0.2) is 24.3 Å². The standard InChI is InChI=1S/C17H25N5O3/c1-18-9-10-19(14-18)13-17(23)21-8-2-7-20(11-12-21)15-3-5-16(6-4-15)22(24)25/h3-6H,2,7-14H2,1H3. The molecule has 2 aliphatic heterocycles. The van der Waals surface area contributed by atoms with Gasteiger partial charge in [-0.25, -0.2) is 0 Å². The molecule has 2 heterocycles. The van der Waals surface area contributed by atoms with Crippen molar-refractivity contribution in [3.8, 4) is 0 Å². The smallest absolute Gasteiger partial charge is 0.269 e. The molecule has 1 aromatic rings. The Morgan fingerprint density at radius 2 is 1.84 bits per heavy atom. The van der Waals surface area contributed by atoms with Crippen molar-refractivity contribution in [2.75, 3.05) is 64.4 Å². The van der Waals surface area contributed by atoms with Gasteiger partial charge in [0.15, 0.2) is 0 Å².